The molecule has 0 bridgehead atoms. The molecule has 2 aromatic carbocycles. The molecule has 48 heavy (non-hydrogen) atoms. The average Bonchev–Trinajstić information content (AvgIpc) is 3.49. The lowest BCUT2D eigenvalue weighted by atomic mass is 10.1. The van der Waals surface area contributed by atoms with Crippen molar-refractivity contribution in [2.24, 2.45) is 0 Å². The van der Waals surface area contributed by atoms with E-state index < -0.39 is 23.1 Å². The van der Waals surface area contributed by atoms with Crippen LogP contribution in [0.2, 0.25) is 0 Å². The molecule has 2 aliphatic rings. The van der Waals surface area contributed by atoms with Gasteiger partial charge in [-0.2, -0.15) is 5.26 Å². The summed E-state index contributed by atoms with van der Waals surface area (Å²) in [5.74, 6) is -0.500. The van der Waals surface area contributed by atoms with Crippen LogP contribution in [0.15, 0.2) is 53.8 Å². The first-order chi connectivity index (χ1) is 23.0. The minimum Gasteiger partial charge on any atom is -0.453 e. The van der Waals surface area contributed by atoms with Gasteiger partial charge in [0.1, 0.15) is 35.5 Å². The van der Waals surface area contributed by atoms with Crippen LogP contribution >= 0.6 is 12.1 Å². The van der Waals surface area contributed by atoms with Crippen LogP contribution in [0.4, 0.5) is 25.2 Å². The fraction of sp³-hybridized carbons (Fsp3) is 0.375. The second-order valence-corrected chi connectivity index (χ2v) is 13.2. The highest BCUT2D eigenvalue weighted by Gasteiger charge is 2.27. The Morgan fingerprint density at radius 2 is 1.83 bits per heavy atom. The van der Waals surface area contributed by atoms with E-state index in [0.717, 1.165) is 12.1 Å². The van der Waals surface area contributed by atoms with Crippen molar-refractivity contribution in [2.45, 2.75) is 39.0 Å². The molecule has 6 rings (SSSR count). The standard InChI is InChI=1S/C32H33F2N9O4S/c1-32(2,3)47-31(45)41-12-10-40(11-13-41)30-36-16-21(17-37-30)43-19-38-26-6-4-22(14-23(26)29(43)44)46-28-24(15-35)27(7-5-25(28)34)39-48-42-9-8-20(33)18-42/h4-7,14,16-17,19-20,39H,8-13,18H2,1-3H3. The molecule has 2 fully saturated rings. The van der Waals surface area contributed by atoms with Crippen LogP contribution in [0, 0.1) is 17.1 Å². The van der Waals surface area contributed by atoms with Crippen molar-refractivity contribution in [3.8, 4) is 23.3 Å². The molecule has 0 radical (unpaired) electrons. The first kappa shape index (κ1) is 32.9. The number of anilines is 2. The topological polar surface area (TPSA) is 142 Å². The van der Waals surface area contributed by atoms with Crippen molar-refractivity contribution in [3.63, 3.8) is 0 Å². The smallest absolute Gasteiger partial charge is 0.410 e. The molecule has 1 amide bonds. The number of halogens is 2. The average molecular weight is 678 g/mol. The summed E-state index contributed by atoms with van der Waals surface area (Å²) in [6.45, 7) is 8.21. The van der Waals surface area contributed by atoms with Gasteiger partial charge in [0.15, 0.2) is 11.6 Å². The Hall–Kier alpha value is -5.01. The number of ether oxygens (including phenoxy) is 2. The lowest BCUT2D eigenvalue weighted by Crippen LogP contribution is -2.50. The van der Waals surface area contributed by atoms with Gasteiger partial charge >= 0.3 is 6.09 Å². The molecule has 4 heterocycles. The normalized spacial score (nSPS) is 17.0. The maximum Gasteiger partial charge on any atom is 0.410 e. The van der Waals surface area contributed by atoms with E-state index in [0.29, 0.717) is 62.0 Å². The van der Waals surface area contributed by atoms with Crippen molar-refractivity contribution < 1.29 is 23.0 Å². The van der Waals surface area contributed by atoms with Gasteiger partial charge in [-0.15, -0.1) is 0 Å². The lowest BCUT2D eigenvalue weighted by molar-refractivity contribution is 0.0240. The fourth-order valence-electron chi connectivity index (χ4n) is 5.22. The zero-order valence-electron chi connectivity index (χ0n) is 26.5. The first-order valence-electron chi connectivity index (χ1n) is 15.3. The highest BCUT2D eigenvalue weighted by atomic mass is 32.2. The number of nitrogens with zero attached hydrogens (tertiary/aromatic N) is 8. The molecule has 16 heteroatoms. The molecule has 2 aromatic heterocycles. The quantitative estimate of drug-likeness (QED) is 0.262. The summed E-state index contributed by atoms with van der Waals surface area (Å²) in [5, 5.41) is 10.1. The summed E-state index contributed by atoms with van der Waals surface area (Å²) < 4.78 is 45.9. The predicted octanol–water partition coefficient (Wildman–Crippen LogP) is 5.05. The summed E-state index contributed by atoms with van der Waals surface area (Å²) in [5.41, 5.74) is -0.0187. The molecule has 0 aliphatic carbocycles. The van der Waals surface area contributed by atoms with E-state index in [4.69, 9.17) is 9.47 Å². The van der Waals surface area contributed by atoms with Gasteiger partial charge in [-0.3, -0.25) is 9.36 Å². The highest BCUT2D eigenvalue weighted by Crippen LogP contribution is 2.35. The summed E-state index contributed by atoms with van der Waals surface area (Å²) in [7, 11) is 0. The Balaban J connectivity index is 1.18. The number of rotatable bonds is 7. The number of benzene rings is 2. The number of hydrogen-bond acceptors (Lipinski definition) is 12. The first-order valence-corrected chi connectivity index (χ1v) is 16.1. The van der Waals surface area contributed by atoms with Crippen molar-refractivity contribution >= 4 is 40.8 Å². The minimum atomic E-state index is -0.916. The SMILES string of the molecule is CC(C)(C)OC(=O)N1CCN(c2ncc(-n3cnc4ccc(Oc5c(F)ccc(NSN6CCC(F)C6)c5C#N)cc4c3=O)cn2)CC1. The minimum absolute atomic E-state index is 0.0781. The number of carbonyl (C=O) groups is 1. The van der Waals surface area contributed by atoms with Crippen LogP contribution in [0.3, 0.4) is 0 Å². The van der Waals surface area contributed by atoms with Crippen LogP contribution in [0.1, 0.15) is 32.8 Å². The number of fused-ring (bicyclic) bond motifs is 1. The molecule has 1 atom stereocenters. The number of aromatic nitrogens is 4. The second-order valence-electron chi connectivity index (χ2n) is 12.3. The van der Waals surface area contributed by atoms with E-state index in [1.165, 1.54) is 47.6 Å². The van der Waals surface area contributed by atoms with E-state index in [-0.39, 0.29) is 35.1 Å². The van der Waals surface area contributed by atoms with Crippen LogP contribution < -0.4 is 19.9 Å². The van der Waals surface area contributed by atoms with Crippen LogP contribution in [-0.2, 0) is 4.74 Å². The van der Waals surface area contributed by atoms with Crippen molar-refractivity contribution in [1.82, 2.24) is 28.7 Å². The number of hydrogen-bond donors (Lipinski definition) is 1. The van der Waals surface area contributed by atoms with Gasteiger partial charge in [-0.1, -0.05) is 0 Å². The van der Waals surface area contributed by atoms with Gasteiger partial charge in [0, 0.05) is 51.4 Å². The monoisotopic (exact) mass is 677 g/mol. The predicted molar refractivity (Wildman–Crippen MR) is 176 cm³/mol. The van der Waals surface area contributed by atoms with E-state index in [9.17, 15) is 23.6 Å². The van der Waals surface area contributed by atoms with Gasteiger partial charge in [0.2, 0.25) is 5.95 Å². The third-order valence-electron chi connectivity index (χ3n) is 7.67. The summed E-state index contributed by atoms with van der Waals surface area (Å²) in [6.07, 6.45) is 3.54. The van der Waals surface area contributed by atoms with Gasteiger partial charge in [-0.05, 0) is 57.5 Å². The third kappa shape index (κ3) is 7.26. The lowest BCUT2D eigenvalue weighted by Gasteiger charge is -2.35. The molecule has 1 N–H and O–H groups in total. The highest BCUT2D eigenvalue weighted by molar-refractivity contribution is 7.98. The van der Waals surface area contributed by atoms with Crippen molar-refractivity contribution in [3.05, 3.63) is 70.8 Å². The fourth-order valence-corrected chi connectivity index (χ4v) is 6.05. The Morgan fingerprint density at radius 3 is 2.50 bits per heavy atom. The van der Waals surface area contributed by atoms with Crippen LogP contribution in [0.25, 0.3) is 16.6 Å². The van der Waals surface area contributed by atoms with E-state index in [1.807, 2.05) is 31.7 Å². The second kappa shape index (κ2) is 13.6. The van der Waals surface area contributed by atoms with E-state index in [2.05, 4.69) is 19.7 Å². The largest absolute Gasteiger partial charge is 0.453 e. The molecule has 1 unspecified atom stereocenters. The maximum atomic E-state index is 15.0. The molecular weight excluding hydrogens is 644 g/mol. The number of nitriles is 1. The number of amides is 1. The molecular formula is C32H33F2N9O4S. The molecule has 250 valence electrons. The third-order valence-corrected chi connectivity index (χ3v) is 8.57. The summed E-state index contributed by atoms with van der Waals surface area (Å²) in [4.78, 5) is 42.8. The van der Waals surface area contributed by atoms with Crippen LogP contribution in [-0.4, -0.2) is 85.9 Å². The zero-order chi connectivity index (χ0) is 34.0. The number of carbonyl (C=O) groups excluding carboxylic acids is 1. The Bertz CT molecular complexity index is 1920. The van der Waals surface area contributed by atoms with Crippen molar-refractivity contribution in [2.75, 3.05) is 48.9 Å². The maximum absolute atomic E-state index is 15.0. The van der Waals surface area contributed by atoms with E-state index in [1.54, 1.807) is 15.3 Å². The molecule has 0 saturated carbocycles. The van der Waals surface area contributed by atoms with Gasteiger partial charge in [0.25, 0.3) is 5.56 Å². The molecule has 2 saturated heterocycles. The number of piperazine rings is 1. The van der Waals surface area contributed by atoms with E-state index >= 15 is 0 Å². The van der Waals surface area contributed by atoms with Gasteiger partial charge in [-0.25, -0.2) is 32.8 Å². The molecule has 0 spiro atoms. The number of nitrogens with one attached hydrogen (secondary N) is 1. The molecule has 13 nitrogen and oxygen atoms in total. The van der Waals surface area contributed by atoms with Gasteiger partial charge < -0.3 is 24.0 Å². The Morgan fingerprint density at radius 1 is 1.08 bits per heavy atom. The van der Waals surface area contributed by atoms with Crippen molar-refractivity contribution in [1.29, 1.82) is 5.26 Å². The summed E-state index contributed by atoms with van der Waals surface area (Å²) >= 11 is 1.14. The Kier molecular flexibility index (Phi) is 9.33. The molecule has 4 aromatic rings. The Labute approximate surface area is 279 Å². The number of alkyl halides is 1. The van der Waals surface area contributed by atoms with Crippen LogP contribution in [0.5, 0.6) is 11.5 Å². The summed E-state index contributed by atoms with van der Waals surface area (Å²) in [6, 6.07) is 9.09. The zero-order valence-corrected chi connectivity index (χ0v) is 27.3. The molecule has 2 aliphatic heterocycles. The van der Waals surface area contributed by atoms with Gasteiger partial charge in [0.05, 0.1) is 34.7 Å².